The molecule has 0 aliphatic heterocycles. The topological polar surface area (TPSA) is 107 Å². The zero-order chi connectivity index (χ0) is 15.0. The van der Waals surface area contributed by atoms with E-state index in [0.29, 0.717) is 6.61 Å². The van der Waals surface area contributed by atoms with E-state index in [4.69, 9.17) is 14.9 Å². The van der Waals surface area contributed by atoms with Crippen LogP contribution < -0.4 is 0 Å². The van der Waals surface area contributed by atoms with Crippen molar-refractivity contribution in [1.29, 1.82) is 0 Å². The van der Waals surface area contributed by atoms with Crippen molar-refractivity contribution < 1.29 is 30.0 Å². The van der Waals surface area contributed by atoms with Crippen LogP contribution >= 0.6 is 0 Å². The first-order valence-electron chi connectivity index (χ1n) is 6.99. The Balaban J connectivity index is 2.36. The van der Waals surface area contributed by atoms with E-state index in [1.165, 1.54) is 0 Å². The average Bonchev–Trinajstić information content (AvgIpc) is 2.63. The van der Waals surface area contributed by atoms with Gasteiger partial charge in [0.05, 0.1) is 18.6 Å². The van der Waals surface area contributed by atoms with E-state index in [-0.39, 0.29) is 25.6 Å². The van der Waals surface area contributed by atoms with Crippen molar-refractivity contribution in [3.05, 3.63) is 12.2 Å². The summed E-state index contributed by atoms with van der Waals surface area (Å²) >= 11 is 0. The molecule has 4 atom stereocenters. The van der Waals surface area contributed by atoms with Crippen molar-refractivity contribution >= 4 is 5.97 Å². The number of unbranched alkanes of at least 4 members (excludes halogenated alkanes) is 2. The zero-order valence-electron chi connectivity index (χ0n) is 11.5. The maximum atomic E-state index is 10.8. The molecule has 0 heterocycles. The van der Waals surface area contributed by atoms with Gasteiger partial charge in [0.2, 0.25) is 0 Å². The van der Waals surface area contributed by atoms with Crippen molar-refractivity contribution in [1.82, 2.24) is 0 Å². The summed E-state index contributed by atoms with van der Waals surface area (Å²) < 4.78 is 4.80. The fraction of sp³-hybridized carbons (Fsp3) is 0.786. The predicted molar refractivity (Wildman–Crippen MR) is 71.9 cm³/mol. The van der Waals surface area contributed by atoms with E-state index >= 15 is 0 Å². The van der Waals surface area contributed by atoms with Gasteiger partial charge in [0.25, 0.3) is 0 Å². The number of rotatable bonds is 9. The predicted octanol–water partition coefficient (Wildman–Crippen LogP) is 0.512. The molecule has 4 N–H and O–H groups in total. The molecule has 1 fully saturated rings. The first-order chi connectivity index (χ1) is 9.56. The van der Waals surface area contributed by atoms with Gasteiger partial charge >= 0.3 is 5.97 Å². The van der Waals surface area contributed by atoms with Gasteiger partial charge in [-0.25, -0.2) is 0 Å². The Labute approximate surface area is 118 Å². The molecule has 1 aliphatic rings. The van der Waals surface area contributed by atoms with Gasteiger partial charge in [0.1, 0.15) is 6.79 Å². The Morgan fingerprint density at radius 3 is 2.65 bits per heavy atom. The van der Waals surface area contributed by atoms with Crippen LogP contribution in [0.2, 0.25) is 0 Å². The van der Waals surface area contributed by atoms with Crippen LogP contribution in [0.4, 0.5) is 0 Å². The van der Waals surface area contributed by atoms with E-state index in [1.54, 1.807) is 0 Å². The molecule has 0 aromatic carbocycles. The number of aliphatic hydroxyl groups excluding tert-OH is 3. The molecule has 0 aromatic heterocycles. The third-order valence-corrected chi connectivity index (χ3v) is 3.69. The van der Waals surface area contributed by atoms with Crippen LogP contribution in [0, 0.1) is 11.8 Å². The molecule has 0 saturated heterocycles. The quantitative estimate of drug-likeness (QED) is 0.280. The lowest BCUT2D eigenvalue weighted by atomic mass is 9.90. The SMILES string of the molecule is O=C(O)C[C@@H]1[C@@H](C=CCCCCOCO)[C@H](O)C[C@@H]1O. The number of carbonyl (C=O) groups is 1. The summed E-state index contributed by atoms with van der Waals surface area (Å²) in [6.07, 6.45) is 4.94. The highest BCUT2D eigenvalue weighted by Gasteiger charge is 2.41. The van der Waals surface area contributed by atoms with Gasteiger partial charge in [-0.15, -0.1) is 0 Å². The van der Waals surface area contributed by atoms with Gasteiger partial charge in [-0.05, 0) is 19.3 Å². The molecule has 1 aliphatic carbocycles. The van der Waals surface area contributed by atoms with Crippen LogP contribution in [-0.2, 0) is 9.53 Å². The van der Waals surface area contributed by atoms with Crippen LogP contribution in [0.1, 0.15) is 32.1 Å². The molecule has 1 saturated carbocycles. The standard InChI is InChI=1S/C14H24O6/c15-9-20-6-4-2-1-3-5-10-11(7-14(18)19)13(17)8-12(10)16/h3,5,10-13,15-17H,1-2,4,6-9H2,(H,18,19)/t10-,11-,12-,13+/m1/s1. The second-order valence-electron chi connectivity index (χ2n) is 5.17. The number of allylic oxidation sites excluding steroid dienone is 1. The maximum Gasteiger partial charge on any atom is 0.303 e. The smallest absolute Gasteiger partial charge is 0.303 e. The minimum atomic E-state index is -0.956. The first kappa shape index (κ1) is 17.1. The van der Waals surface area contributed by atoms with Gasteiger partial charge in [0.15, 0.2) is 0 Å². The van der Waals surface area contributed by atoms with E-state index in [1.807, 2.05) is 12.2 Å². The number of hydrogen-bond acceptors (Lipinski definition) is 5. The Morgan fingerprint density at radius 1 is 1.25 bits per heavy atom. The van der Waals surface area contributed by atoms with Gasteiger partial charge in [-0.2, -0.15) is 0 Å². The number of carboxylic acids is 1. The van der Waals surface area contributed by atoms with Gasteiger partial charge in [-0.3, -0.25) is 4.79 Å². The van der Waals surface area contributed by atoms with Crippen molar-refractivity contribution in [2.45, 2.75) is 44.3 Å². The molecular weight excluding hydrogens is 264 g/mol. The van der Waals surface area contributed by atoms with Crippen LogP contribution in [-0.4, -0.2) is 52.0 Å². The molecule has 1 rings (SSSR count). The summed E-state index contributed by atoms with van der Waals surface area (Å²) in [4.78, 5) is 10.8. The highest BCUT2D eigenvalue weighted by atomic mass is 16.6. The number of aliphatic carboxylic acids is 1. The second kappa shape index (κ2) is 9.07. The molecule has 0 amide bonds. The third kappa shape index (κ3) is 5.58. The normalized spacial score (nSPS) is 30.1. The monoisotopic (exact) mass is 288 g/mol. The van der Waals surface area contributed by atoms with Gasteiger partial charge in [-0.1, -0.05) is 12.2 Å². The molecule has 0 radical (unpaired) electrons. The lowest BCUT2D eigenvalue weighted by molar-refractivity contribution is -0.139. The Morgan fingerprint density at radius 2 is 2.00 bits per heavy atom. The number of ether oxygens (including phenoxy) is 1. The molecule has 0 unspecified atom stereocenters. The molecule has 20 heavy (non-hydrogen) atoms. The van der Waals surface area contributed by atoms with E-state index in [2.05, 4.69) is 0 Å². The van der Waals surface area contributed by atoms with Gasteiger partial charge in [0, 0.05) is 24.9 Å². The minimum absolute atomic E-state index is 0.127. The minimum Gasteiger partial charge on any atom is -0.481 e. The van der Waals surface area contributed by atoms with Crippen LogP contribution in [0.3, 0.4) is 0 Å². The fourth-order valence-electron chi connectivity index (χ4n) is 2.65. The maximum absolute atomic E-state index is 10.8. The molecular formula is C14H24O6. The molecule has 116 valence electrons. The van der Waals surface area contributed by atoms with E-state index < -0.39 is 24.1 Å². The summed E-state index contributed by atoms with van der Waals surface area (Å²) in [5.74, 6) is -1.67. The van der Waals surface area contributed by atoms with E-state index in [0.717, 1.165) is 19.3 Å². The number of hydrogen-bond donors (Lipinski definition) is 4. The van der Waals surface area contributed by atoms with Crippen molar-refractivity contribution in [3.8, 4) is 0 Å². The molecule has 6 nitrogen and oxygen atoms in total. The second-order valence-corrected chi connectivity index (χ2v) is 5.17. The molecule has 0 bridgehead atoms. The highest BCUT2D eigenvalue weighted by molar-refractivity contribution is 5.67. The summed E-state index contributed by atoms with van der Waals surface area (Å²) in [5.41, 5.74) is 0. The Bertz CT molecular complexity index is 317. The Hall–Kier alpha value is -0.950. The van der Waals surface area contributed by atoms with Crippen molar-refractivity contribution in [3.63, 3.8) is 0 Å². The number of carboxylic acid groups (broad SMARTS) is 1. The summed E-state index contributed by atoms with van der Waals surface area (Å²) in [6.45, 7) is 0.246. The summed E-state index contributed by atoms with van der Waals surface area (Å²) in [6, 6.07) is 0. The van der Waals surface area contributed by atoms with Crippen molar-refractivity contribution in [2.24, 2.45) is 11.8 Å². The Kier molecular flexibility index (Phi) is 7.76. The fourth-order valence-corrected chi connectivity index (χ4v) is 2.65. The molecule has 6 heteroatoms. The van der Waals surface area contributed by atoms with Crippen LogP contribution in [0.5, 0.6) is 0 Å². The zero-order valence-corrected chi connectivity index (χ0v) is 11.5. The summed E-state index contributed by atoms with van der Waals surface area (Å²) in [5, 5.41) is 36.9. The lowest BCUT2D eigenvalue weighted by Crippen LogP contribution is -2.23. The largest absolute Gasteiger partial charge is 0.481 e. The lowest BCUT2D eigenvalue weighted by Gasteiger charge is -2.18. The number of aliphatic hydroxyl groups is 3. The van der Waals surface area contributed by atoms with Crippen LogP contribution in [0.25, 0.3) is 0 Å². The molecule has 0 spiro atoms. The highest BCUT2D eigenvalue weighted by Crippen LogP contribution is 2.36. The van der Waals surface area contributed by atoms with Crippen LogP contribution in [0.15, 0.2) is 12.2 Å². The third-order valence-electron chi connectivity index (χ3n) is 3.69. The van der Waals surface area contributed by atoms with Gasteiger partial charge < -0.3 is 25.2 Å². The van der Waals surface area contributed by atoms with E-state index in [9.17, 15) is 15.0 Å². The summed E-state index contributed by atoms with van der Waals surface area (Å²) in [7, 11) is 0. The van der Waals surface area contributed by atoms with Crippen molar-refractivity contribution in [2.75, 3.05) is 13.4 Å². The first-order valence-corrected chi connectivity index (χ1v) is 6.99. The average molecular weight is 288 g/mol. The molecule has 0 aromatic rings.